The Bertz CT molecular complexity index is 1480. The fraction of sp³-hybridized carbons (Fsp3) is 0.154. The summed E-state index contributed by atoms with van der Waals surface area (Å²) in [7, 11) is -0.581. The van der Waals surface area contributed by atoms with Gasteiger partial charge in [0.15, 0.2) is 0 Å². The number of carbonyl (C=O) groups excluding carboxylic acids is 1. The summed E-state index contributed by atoms with van der Waals surface area (Å²) in [5, 5.41) is 6.21. The van der Waals surface area contributed by atoms with Crippen molar-refractivity contribution in [1.82, 2.24) is 19.3 Å². The van der Waals surface area contributed by atoms with Gasteiger partial charge in [-0.1, -0.05) is 24.3 Å². The molecular weight excluding hydrogens is 476 g/mol. The molecule has 184 valence electrons. The SMILES string of the molecule is C[C@H](Nc1cncc(-c2cccc(S(=O)(=O)N(C)C)c2)n1)c1cccc(NC(=O)c2cccnc2)c1. The molecule has 0 aliphatic rings. The highest BCUT2D eigenvalue weighted by Gasteiger charge is 2.18. The number of sulfonamides is 1. The highest BCUT2D eigenvalue weighted by Crippen LogP contribution is 2.25. The molecule has 2 aromatic heterocycles. The minimum atomic E-state index is -3.57. The second-order valence-electron chi connectivity index (χ2n) is 8.29. The summed E-state index contributed by atoms with van der Waals surface area (Å²) in [4.78, 5) is 25.5. The van der Waals surface area contributed by atoms with Gasteiger partial charge in [0.1, 0.15) is 5.82 Å². The number of rotatable bonds is 8. The first kappa shape index (κ1) is 25.0. The van der Waals surface area contributed by atoms with Gasteiger partial charge in [0.2, 0.25) is 10.0 Å². The summed E-state index contributed by atoms with van der Waals surface area (Å²) in [5.74, 6) is 0.295. The van der Waals surface area contributed by atoms with Crippen molar-refractivity contribution in [2.24, 2.45) is 0 Å². The average molecular weight is 503 g/mol. The van der Waals surface area contributed by atoms with Crippen molar-refractivity contribution in [3.05, 3.63) is 96.6 Å². The summed E-state index contributed by atoms with van der Waals surface area (Å²) < 4.78 is 26.2. The second kappa shape index (κ2) is 10.6. The average Bonchev–Trinajstić information content (AvgIpc) is 2.89. The van der Waals surface area contributed by atoms with Gasteiger partial charge in [0, 0.05) is 37.7 Å². The Morgan fingerprint density at radius 2 is 1.75 bits per heavy atom. The molecule has 0 aliphatic heterocycles. The number of pyridine rings is 1. The zero-order valence-electron chi connectivity index (χ0n) is 20.1. The summed E-state index contributed by atoms with van der Waals surface area (Å²) >= 11 is 0. The highest BCUT2D eigenvalue weighted by atomic mass is 32.2. The van der Waals surface area contributed by atoms with E-state index in [-0.39, 0.29) is 16.8 Å². The van der Waals surface area contributed by atoms with E-state index < -0.39 is 10.0 Å². The summed E-state index contributed by atoms with van der Waals surface area (Å²) in [6.07, 6.45) is 6.33. The number of carbonyl (C=O) groups is 1. The summed E-state index contributed by atoms with van der Waals surface area (Å²) in [6.45, 7) is 1.97. The molecule has 2 aromatic carbocycles. The van der Waals surface area contributed by atoms with Crippen molar-refractivity contribution >= 4 is 27.4 Å². The normalized spacial score (nSPS) is 12.2. The smallest absolute Gasteiger partial charge is 0.257 e. The van der Waals surface area contributed by atoms with Gasteiger partial charge >= 0.3 is 0 Å². The molecule has 0 radical (unpaired) electrons. The first-order valence-corrected chi connectivity index (χ1v) is 12.6. The first-order valence-electron chi connectivity index (χ1n) is 11.2. The van der Waals surface area contributed by atoms with Gasteiger partial charge in [-0.25, -0.2) is 17.7 Å². The number of anilines is 2. The third-order valence-electron chi connectivity index (χ3n) is 5.48. The minimum absolute atomic E-state index is 0.148. The van der Waals surface area contributed by atoms with Gasteiger partial charge < -0.3 is 10.6 Å². The number of hydrogen-bond donors (Lipinski definition) is 2. The third kappa shape index (κ3) is 5.73. The molecule has 0 saturated carbocycles. The van der Waals surface area contributed by atoms with E-state index in [4.69, 9.17) is 0 Å². The van der Waals surface area contributed by atoms with Crippen LogP contribution in [0.5, 0.6) is 0 Å². The van der Waals surface area contributed by atoms with E-state index in [1.54, 1.807) is 55.0 Å². The van der Waals surface area contributed by atoms with Crippen LogP contribution in [0.4, 0.5) is 11.5 Å². The first-order chi connectivity index (χ1) is 17.2. The molecule has 9 nitrogen and oxygen atoms in total. The molecule has 0 fully saturated rings. The lowest BCUT2D eigenvalue weighted by Crippen LogP contribution is -2.22. The maximum absolute atomic E-state index is 12.5. The van der Waals surface area contributed by atoms with Crippen LogP contribution in [0.3, 0.4) is 0 Å². The van der Waals surface area contributed by atoms with Gasteiger partial charge in [-0.05, 0) is 48.9 Å². The Morgan fingerprint density at radius 1 is 0.944 bits per heavy atom. The third-order valence-corrected chi connectivity index (χ3v) is 7.29. The van der Waals surface area contributed by atoms with Crippen LogP contribution >= 0.6 is 0 Å². The molecule has 1 amide bonds. The zero-order chi connectivity index (χ0) is 25.7. The van der Waals surface area contributed by atoms with Crippen LogP contribution in [0.25, 0.3) is 11.3 Å². The fourth-order valence-corrected chi connectivity index (χ4v) is 4.44. The van der Waals surface area contributed by atoms with E-state index in [0.29, 0.717) is 28.3 Å². The van der Waals surface area contributed by atoms with Crippen molar-refractivity contribution in [1.29, 1.82) is 0 Å². The molecule has 4 aromatic rings. The fourth-order valence-electron chi connectivity index (χ4n) is 3.49. The Labute approximate surface area is 210 Å². The summed E-state index contributed by atoms with van der Waals surface area (Å²) in [5.41, 5.74) is 3.25. The minimum Gasteiger partial charge on any atom is -0.362 e. The number of benzene rings is 2. The van der Waals surface area contributed by atoms with E-state index in [1.807, 2.05) is 31.2 Å². The number of hydrogen-bond acceptors (Lipinski definition) is 7. The Hall–Kier alpha value is -4.15. The van der Waals surface area contributed by atoms with Crippen molar-refractivity contribution in [3.8, 4) is 11.3 Å². The summed E-state index contributed by atoms with van der Waals surface area (Å²) in [6, 6.07) is 17.4. The molecule has 0 unspecified atom stereocenters. The number of amides is 1. The molecule has 2 heterocycles. The van der Waals surface area contributed by atoms with Gasteiger partial charge in [-0.15, -0.1) is 0 Å². The Morgan fingerprint density at radius 3 is 2.50 bits per heavy atom. The molecular formula is C26H26N6O3S. The van der Waals surface area contributed by atoms with Crippen LogP contribution in [0.2, 0.25) is 0 Å². The topological polar surface area (TPSA) is 117 Å². The van der Waals surface area contributed by atoms with E-state index in [0.717, 1.165) is 5.56 Å². The van der Waals surface area contributed by atoms with Gasteiger partial charge in [-0.3, -0.25) is 14.8 Å². The number of nitrogens with zero attached hydrogens (tertiary/aromatic N) is 4. The molecule has 0 bridgehead atoms. The second-order valence-corrected chi connectivity index (χ2v) is 10.4. The lowest BCUT2D eigenvalue weighted by Gasteiger charge is -2.17. The quantitative estimate of drug-likeness (QED) is 0.371. The van der Waals surface area contributed by atoms with E-state index in [9.17, 15) is 13.2 Å². The lowest BCUT2D eigenvalue weighted by atomic mass is 10.1. The van der Waals surface area contributed by atoms with Gasteiger partial charge in [0.25, 0.3) is 5.91 Å². The van der Waals surface area contributed by atoms with Crippen molar-refractivity contribution < 1.29 is 13.2 Å². The van der Waals surface area contributed by atoms with Gasteiger partial charge in [-0.2, -0.15) is 0 Å². The van der Waals surface area contributed by atoms with Crippen molar-refractivity contribution in [2.75, 3.05) is 24.7 Å². The van der Waals surface area contributed by atoms with Crippen LogP contribution in [-0.2, 0) is 10.0 Å². The monoisotopic (exact) mass is 502 g/mol. The zero-order valence-corrected chi connectivity index (χ0v) is 20.9. The maximum Gasteiger partial charge on any atom is 0.257 e. The molecule has 2 N–H and O–H groups in total. The largest absolute Gasteiger partial charge is 0.362 e. The molecule has 0 aliphatic carbocycles. The van der Waals surface area contributed by atoms with E-state index >= 15 is 0 Å². The predicted octanol–water partition coefficient (Wildman–Crippen LogP) is 4.21. The van der Waals surface area contributed by atoms with Crippen LogP contribution in [-0.4, -0.2) is 47.7 Å². The molecule has 1 atom stereocenters. The maximum atomic E-state index is 12.5. The molecule has 4 rings (SSSR count). The van der Waals surface area contributed by atoms with Crippen LogP contribution in [0, 0.1) is 0 Å². The Kier molecular flexibility index (Phi) is 7.37. The standard InChI is InChI=1S/C26H26N6O3S/c1-18(19-7-4-10-22(13-19)30-26(33)21-9-6-12-27-15-21)29-25-17-28-16-24(31-25)20-8-5-11-23(14-20)36(34,35)32(2)3/h4-18H,1-3H3,(H,29,31)(H,30,33)/t18-/m0/s1. The van der Waals surface area contributed by atoms with Gasteiger partial charge in [0.05, 0.1) is 34.6 Å². The number of aromatic nitrogens is 3. The van der Waals surface area contributed by atoms with Crippen LogP contribution in [0.15, 0.2) is 90.3 Å². The highest BCUT2D eigenvalue weighted by molar-refractivity contribution is 7.89. The molecule has 0 spiro atoms. The lowest BCUT2D eigenvalue weighted by molar-refractivity contribution is 0.102. The predicted molar refractivity (Wildman–Crippen MR) is 139 cm³/mol. The van der Waals surface area contributed by atoms with Crippen LogP contribution < -0.4 is 10.6 Å². The van der Waals surface area contributed by atoms with E-state index in [1.165, 1.54) is 24.6 Å². The van der Waals surface area contributed by atoms with Crippen LogP contribution in [0.1, 0.15) is 28.9 Å². The molecule has 0 saturated heterocycles. The number of nitrogens with one attached hydrogen (secondary N) is 2. The Balaban J connectivity index is 1.51. The van der Waals surface area contributed by atoms with Crippen molar-refractivity contribution in [2.45, 2.75) is 17.9 Å². The molecule has 10 heteroatoms. The van der Waals surface area contributed by atoms with E-state index in [2.05, 4.69) is 25.6 Å². The van der Waals surface area contributed by atoms with Crippen molar-refractivity contribution in [3.63, 3.8) is 0 Å². The molecule has 36 heavy (non-hydrogen) atoms.